The van der Waals surface area contributed by atoms with E-state index in [9.17, 15) is 24.0 Å². The molecule has 2 aliphatic rings. The van der Waals surface area contributed by atoms with Crippen molar-refractivity contribution >= 4 is 29.6 Å². The molecule has 2 aliphatic heterocycles. The Bertz CT molecular complexity index is 484. The molecule has 0 bridgehead atoms. The van der Waals surface area contributed by atoms with Crippen LogP contribution >= 0.6 is 0 Å². The van der Waals surface area contributed by atoms with Gasteiger partial charge in [-0.15, -0.1) is 0 Å². The highest BCUT2D eigenvalue weighted by Crippen LogP contribution is 2.09. The lowest BCUT2D eigenvalue weighted by molar-refractivity contribution is -0.172. The molecule has 0 aromatic heterocycles. The number of imide groups is 2. The van der Waals surface area contributed by atoms with Gasteiger partial charge in [-0.25, -0.2) is 0 Å². The summed E-state index contributed by atoms with van der Waals surface area (Å²) in [6.07, 6.45) is 2.08. The Balaban J connectivity index is 1.73. The van der Waals surface area contributed by atoms with Gasteiger partial charge in [0.1, 0.15) is 0 Å². The zero-order valence-corrected chi connectivity index (χ0v) is 10.3. The van der Waals surface area contributed by atoms with Crippen LogP contribution in [0.25, 0.3) is 0 Å². The van der Waals surface area contributed by atoms with E-state index in [0.717, 1.165) is 17.1 Å². The fourth-order valence-corrected chi connectivity index (χ4v) is 1.68. The van der Waals surface area contributed by atoms with Crippen LogP contribution in [0.5, 0.6) is 0 Å². The summed E-state index contributed by atoms with van der Waals surface area (Å²) in [5.41, 5.74) is 1.96. The highest BCUT2D eigenvalue weighted by atomic mass is 16.7. The normalized spacial score (nSPS) is 18.4. The van der Waals surface area contributed by atoms with Crippen molar-refractivity contribution in [2.75, 3.05) is 6.54 Å². The molecule has 9 nitrogen and oxygen atoms in total. The predicted octanol–water partition coefficient (Wildman–Crippen LogP) is -1.59. The second-order valence-corrected chi connectivity index (χ2v) is 4.10. The van der Waals surface area contributed by atoms with E-state index >= 15 is 0 Å². The summed E-state index contributed by atoms with van der Waals surface area (Å²) in [5, 5.41) is 0.617. The van der Waals surface area contributed by atoms with E-state index in [-0.39, 0.29) is 25.8 Å². The van der Waals surface area contributed by atoms with Crippen molar-refractivity contribution in [1.82, 2.24) is 15.5 Å². The first-order valence-electron chi connectivity index (χ1n) is 5.83. The summed E-state index contributed by atoms with van der Waals surface area (Å²) in [4.78, 5) is 61.6. The highest BCUT2D eigenvalue weighted by molar-refractivity contribution is 6.13. The van der Waals surface area contributed by atoms with Gasteiger partial charge in [-0.1, -0.05) is 5.59 Å². The third-order valence-corrected chi connectivity index (χ3v) is 2.74. The number of carbonyl (C=O) groups excluding carboxylic acids is 5. The Labute approximate surface area is 113 Å². The molecule has 2 rings (SSSR count). The van der Waals surface area contributed by atoms with Gasteiger partial charge in [0.25, 0.3) is 11.8 Å². The minimum atomic E-state index is -0.801. The molecule has 0 atom stereocenters. The van der Waals surface area contributed by atoms with Crippen LogP contribution in [-0.4, -0.2) is 46.1 Å². The molecule has 4 amide bonds. The average molecular weight is 281 g/mol. The van der Waals surface area contributed by atoms with Gasteiger partial charge in [0, 0.05) is 31.5 Å². The summed E-state index contributed by atoms with van der Waals surface area (Å²) in [6, 6.07) is 0. The second kappa shape index (κ2) is 5.61. The zero-order valence-electron chi connectivity index (χ0n) is 10.3. The molecule has 1 N–H and O–H groups in total. The highest BCUT2D eigenvalue weighted by Gasteiger charge is 2.30. The fourth-order valence-electron chi connectivity index (χ4n) is 1.68. The largest absolute Gasteiger partial charge is 0.350 e. The van der Waals surface area contributed by atoms with Crippen molar-refractivity contribution in [3.8, 4) is 0 Å². The molecule has 0 aromatic rings. The molecule has 0 aliphatic carbocycles. The minimum Gasteiger partial charge on any atom is -0.350 e. The van der Waals surface area contributed by atoms with Gasteiger partial charge in [-0.05, 0) is 0 Å². The number of hydrazine groups is 1. The van der Waals surface area contributed by atoms with Crippen LogP contribution in [0.15, 0.2) is 12.2 Å². The lowest BCUT2D eigenvalue weighted by Crippen LogP contribution is -2.43. The number of rotatable bonds is 5. The van der Waals surface area contributed by atoms with Gasteiger partial charge in [0.15, 0.2) is 0 Å². The minimum absolute atomic E-state index is 0.0613. The Kier molecular flexibility index (Phi) is 3.89. The number of nitrogens with one attached hydrogen (secondary N) is 1. The molecular formula is C11H11N3O6. The summed E-state index contributed by atoms with van der Waals surface area (Å²) in [6.45, 7) is -0.132. The quantitative estimate of drug-likeness (QED) is 0.477. The maximum atomic E-state index is 11.4. The number of hydrogen-bond acceptors (Lipinski definition) is 7. The summed E-state index contributed by atoms with van der Waals surface area (Å²) >= 11 is 0. The topological polar surface area (TPSA) is 113 Å². The Hall–Kier alpha value is -2.55. The van der Waals surface area contributed by atoms with E-state index in [1.54, 1.807) is 0 Å². The maximum Gasteiger partial charge on any atom is 0.328 e. The summed E-state index contributed by atoms with van der Waals surface area (Å²) < 4.78 is 0. The van der Waals surface area contributed by atoms with E-state index in [4.69, 9.17) is 0 Å². The van der Waals surface area contributed by atoms with Crippen LogP contribution in [0.2, 0.25) is 0 Å². The van der Waals surface area contributed by atoms with Crippen molar-refractivity contribution in [2.24, 2.45) is 0 Å². The second-order valence-electron chi connectivity index (χ2n) is 4.10. The molecule has 1 saturated heterocycles. The van der Waals surface area contributed by atoms with Gasteiger partial charge in [0.05, 0.1) is 6.42 Å². The van der Waals surface area contributed by atoms with E-state index < -0.39 is 29.6 Å². The Morgan fingerprint density at radius 2 is 1.65 bits per heavy atom. The van der Waals surface area contributed by atoms with E-state index in [1.807, 2.05) is 5.59 Å². The van der Waals surface area contributed by atoms with Crippen LogP contribution in [-0.2, 0) is 28.8 Å². The van der Waals surface area contributed by atoms with Gasteiger partial charge >= 0.3 is 5.97 Å². The number of amides is 4. The van der Waals surface area contributed by atoms with E-state index in [2.05, 4.69) is 4.84 Å². The zero-order chi connectivity index (χ0) is 14.7. The Morgan fingerprint density at radius 1 is 1.10 bits per heavy atom. The van der Waals surface area contributed by atoms with Crippen LogP contribution in [0.3, 0.4) is 0 Å². The molecular weight excluding hydrogens is 270 g/mol. The number of nitrogens with zero attached hydrogens (tertiary/aromatic N) is 2. The fraction of sp³-hybridized carbons (Fsp3) is 0.364. The maximum absolute atomic E-state index is 11.4. The van der Waals surface area contributed by atoms with Crippen molar-refractivity contribution in [2.45, 2.75) is 19.3 Å². The van der Waals surface area contributed by atoms with Crippen LogP contribution < -0.4 is 5.59 Å². The molecule has 0 aromatic carbocycles. The first kappa shape index (κ1) is 13.9. The lowest BCUT2D eigenvalue weighted by atomic mass is 10.4. The van der Waals surface area contributed by atoms with E-state index in [1.165, 1.54) is 0 Å². The van der Waals surface area contributed by atoms with Crippen molar-refractivity contribution < 1.29 is 28.8 Å². The van der Waals surface area contributed by atoms with Crippen LogP contribution in [0.1, 0.15) is 19.3 Å². The van der Waals surface area contributed by atoms with Crippen LogP contribution in [0.4, 0.5) is 0 Å². The molecule has 0 spiro atoms. The molecule has 0 unspecified atom stereocenters. The van der Waals surface area contributed by atoms with Crippen molar-refractivity contribution in [3.05, 3.63) is 12.2 Å². The molecule has 1 fully saturated rings. The van der Waals surface area contributed by atoms with Gasteiger partial charge < -0.3 is 4.84 Å². The number of hydrogen-bond donors (Lipinski definition) is 1. The standard InChI is InChI=1S/C11H11N3O6/c15-7-1-2-8(16)13(7)6-5-11(19)20-12-14-9(17)3-4-10(14)18/h1-2,12H,3-6H2. The molecule has 9 heteroatoms. The predicted molar refractivity (Wildman–Crippen MR) is 60.8 cm³/mol. The molecule has 0 saturated carbocycles. The summed E-state index contributed by atoms with van der Waals surface area (Å²) in [7, 11) is 0. The van der Waals surface area contributed by atoms with Gasteiger partial charge in [-0.3, -0.25) is 28.9 Å². The smallest absolute Gasteiger partial charge is 0.328 e. The van der Waals surface area contributed by atoms with Crippen molar-refractivity contribution in [3.63, 3.8) is 0 Å². The monoisotopic (exact) mass is 281 g/mol. The first-order chi connectivity index (χ1) is 9.49. The third-order valence-electron chi connectivity index (χ3n) is 2.74. The summed E-state index contributed by atoms with van der Waals surface area (Å²) in [5.74, 6) is -2.78. The average Bonchev–Trinajstić information content (AvgIpc) is 2.89. The molecule has 106 valence electrons. The SMILES string of the molecule is O=C(CCN1C(=O)C=CC1=O)ONN1C(=O)CCC1=O. The number of carbonyl (C=O) groups is 5. The first-order valence-corrected chi connectivity index (χ1v) is 5.83. The lowest BCUT2D eigenvalue weighted by Gasteiger charge is -2.15. The Morgan fingerprint density at radius 3 is 2.20 bits per heavy atom. The van der Waals surface area contributed by atoms with Gasteiger partial charge in [0.2, 0.25) is 11.8 Å². The van der Waals surface area contributed by atoms with E-state index in [0.29, 0.717) is 5.01 Å². The molecule has 20 heavy (non-hydrogen) atoms. The third kappa shape index (κ3) is 2.88. The van der Waals surface area contributed by atoms with Crippen LogP contribution in [0, 0.1) is 0 Å². The molecule has 2 heterocycles. The van der Waals surface area contributed by atoms with Crippen molar-refractivity contribution in [1.29, 1.82) is 0 Å². The molecule has 0 radical (unpaired) electrons. The van der Waals surface area contributed by atoms with Gasteiger partial charge in [-0.2, -0.15) is 5.01 Å².